The van der Waals surface area contributed by atoms with Gasteiger partial charge in [0.1, 0.15) is 0 Å². The van der Waals surface area contributed by atoms with E-state index < -0.39 is 0 Å². The molecular weight excluding hydrogens is 232 g/mol. The van der Waals surface area contributed by atoms with Gasteiger partial charge >= 0.3 is 0 Å². The van der Waals surface area contributed by atoms with Crippen molar-refractivity contribution in [1.29, 1.82) is 0 Å². The Balaban J connectivity index is 1.98. The number of nitrogens with zero attached hydrogens (tertiary/aromatic N) is 2. The van der Waals surface area contributed by atoms with E-state index in [1.165, 1.54) is 37.8 Å². The van der Waals surface area contributed by atoms with Crippen LogP contribution in [-0.4, -0.2) is 15.2 Å². The Morgan fingerprint density at radius 1 is 1.35 bits per heavy atom. The zero-order chi connectivity index (χ0) is 12.3. The molecule has 1 aromatic heterocycles. The molecule has 1 aliphatic carbocycles. The number of aromatic nitrogens is 2. The van der Waals surface area contributed by atoms with Crippen LogP contribution in [0.2, 0.25) is 0 Å². The molecule has 1 fully saturated rings. The van der Waals surface area contributed by atoms with Crippen molar-refractivity contribution in [3.8, 4) is 0 Å². The van der Waals surface area contributed by atoms with Gasteiger partial charge in [-0.1, -0.05) is 19.3 Å². The standard InChI is InChI=1S/C14H23ClN2/c1-11(2)17-9-8-13(16-17)10-12-6-4-3-5-7-14(12)15/h8-9,11-12,14H,3-7,10H2,1-2H3. The Hall–Kier alpha value is -0.500. The van der Waals surface area contributed by atoms with Gasteiger partial charge in [0.15, 0.2) is 0 Å². The number of rotatable bonds is 3. The van der Waals surface area contributed by atoms with E-state index in [-0.39, 0.29) is 0 Å². The Morgan fingerprint density at radius 3 is 2.82 bits per heavy atom. The van der Waals surface area contributed by atoms with E-state index in [0.717, 1.165) is 6.42 Å². The second kappa shape index (κ2) is 5.90. The lowest BCUT2D eigenvalue weighted by molar-refractivity contribution is 0.451. The van der Waals surface area contributed by atoms with Crippen LogP contribution in [0.4, 0.5) is 0 Å². The summed E-state index contributed by atoms with van der Waals surface area (Å²) in [5.74, 6) is 0.620. The summed E-state index contributed by atoms with van der Waals surface area (Å²) in [6.07, 6.45) is 9.55. The van der Waals surface area contributed by atoms with Crippen LogP contribution in [0.15, 0.2) is 12.3 Å². The van der Waals surface area contributed by atoms with Gasteiger partial charge in [-0.25, -0.2) is 0 Å². The number of hydrogen-bond donors (Lipinski definition) is 0. The molecule has 17 heavy (non-hydrogen) atoms. The van der Waals surface area contributed by atoms with Gasteiger partial charge in [-0.3, -0.25) is 4.68 Å². The molecule has 0 spiro atoms. The third kappa shape index (κ3) is 3.48. The average molecular weight is 255 g/mol. The summed E-state index contributed by atoms with van der Waals surface area (Å²) in [7, 11) is 0. The van der Waals surface area contributed by atoms with E-state index >= 15 is 0 Å². The van der Waals surface area contributed by atoms with Crippen LogP contribution < -0.4 is 0 Å². The van der Waals surface area contributed by atoms with Crippen LogP contribution in [-0.2, 0) is 6.42 Å². The Bertz CT molecular complexity index is 346. The number of halogens is 1. The quantitative estimate of drug-likeness (QED) is 0.584. The van der Waals surface area contributed by atoms with Crippen molar-refractivity contribution < 1.29 is 0 Å². The van der Waals surface area contributed by atoms with E-state index in [1.54, 1.807) is 0 Å². The van der Waals surface area contributed by atoms with Gasteiger partial charge < -0.3 is 0 Å². The van der Waals surface area contributed by atoms with Crippen molar-refractivity contribution in [2.45, 2.75) is 63.8 Å². The Kier molecular flexibility index (Phi) is 4.49. The highest BCUT2D eigenvalue weighted by atomic mass is 35.5. The van der Waals surface area contributed by atoms with E-state index in [4.69, 9.17) is 11.6 Å². The third-order valence-corrected chi connectivity index (χ3v) is 4.30. The molecule has 1 aliphatic rings. The van der Waals surface area contributed by atoms with E-state index in [2.05, 4.69) is 31.2 Å². The van der Waals surface area contributed by atoms with Gasteiger partial charge in [0.25, 0.3) is 0 Å². The first-order valence-corrected chi connectivity index (χ1v) is 7.28. The number of alkyl halides is 1. The highest BCUT2D eigenvalue weighted by Crippen LogP contribution is 2.29. The molecule has 0 aliphatic heterocycles. The summed E-state index contributed by atoms with van der Waals surface area (Å²) in [4.78, 5) is 0. The molecule has 0 aromatic carbocycles. The summed E-state index contributed by atoms with van der Waals surface area (Å²) in [6.45, 7) is 4.32. The smallest absolute Gasteiger partial charge is 0.0628 e. The average Bonchev–Trinajstić information content (AvgIpc) is 2.66. The topological polar surface area (TPSA) is 17.8 Å². The first-order valence-electron chi connectivity index (χ1n) is 6.85. The fraction of sp³-hybridized carbons (Fsp3) is 0.786. The minimum atomic E-state index is 0.349. The molecule has 2 rings (SSSR count). The zero-order valence-corrected chi connectivity index (χ0v) is 11.7. The predicted molar refractivity (Wildman–Crippen MR) is 72.5 cm³/mol. The molecule has 2 unspecified atom stereocenters. The van der Waals surface area contributed by atoms with Crippen LogP contribution in [0.1, 0.15) is 57.7 Å². The highest BCUT2D eigenvalue weighted by Gasteiger charge is 2.22. The third-order valence-electron chi connectivity index (χ3n) is 3.73. The van der Waals surface area contributed by atoms with Crippen LogP contribution in [0.25, 0.3) is 0 Å². The van der Waals surface area contributed by atoms with Crippen LogP contribution >= 0.6 is 11.6 Å². The Morgan fingerprint density at radius 2 is 2.12 bits per heavy atom. The normalized spacial score (nSPS) is 26.1. The maximum Gasteiger partial charge on any atom is 0.0628 e. The lowest BCUT2D eigenvalue weighted by atomic mass is 9.94. The molecule has 0 bridgehead atoms. The van der Waals surface area contributed by atoms with E-state index in [1.807, 2.05) is 4.68 Å². The van der Waals surface area contributed by atoms with E-state index in [0.29, 0.717) is 17.3 Å². The molecule has 3 heteroatoms. The van der Waals surface area contributed by atoms with Gasteiger partial charge in [-0.05, 0) is 45.1 Å². The molecular formula is C14H23ClN2. The lowest BCUT2D eigenvalue weighted by Crippen LogP contribution is -2.16. The van der Waals surface area contributed by atoms with Crippen molar-refractivity contribution in [3.05, 3.63) is 18.0 Å². The van der Waals surface area contributed by atoms with Crippen LogP contribution in [0.3, 0.4) is 0 Å². The highest BCUT2D eigenvalue weighted by molar-refractivity contribution is 6.20. The molecule has 0 N–H and O–H groups in total. The van der Waals surface area contributed by atoms with Crippen molar-refractivity contribution in [2.24, 2.45) is 5.92 Å². The predicted octanol–water partition coefficient (Wildman–Crippen LogP) is 4.19. The summed E-state index contributed by atoms with van der Waals surface area (Å²) < 4.78 is 2.04. The summed E-state index contributed by atoms with van der Waals surface area (Å²) in [5.41, 5.74) is 1.20. The van der Waals surface area contributed by atoms with Crippen LogP contribution in [0.5, 0.6) is 0 Å². The molecule has 0 radical (unpaired) electrons. The molecule has 1 heterocycles. The summed E-state index contributed by atoms with van der Waals surface area (Å²) in [6, 6.07) is 2.60. The van der Waals surface area contributed by atoms with Crippen molar-refractivity contribution in [1.82, 2.24) is 9.78 Å². The van der Waals surface area contributed by atoms with E-state index in [9.17, 15) is 0 Å². The second-order valence-electron chi connectivity index (χ2n) is 5.50. The molecule has 0 saturated heterocycles. The summed E-state index contributed by atoms with van der Waals surface area (Å²) in [5, 5.41) is 4.98. The molecule has 96 valence electrons. The van der Waals surface area contributed by atoms with Gasteiger partial charge in [0.2, 0.25) is 0 Å². The molecule has 2 atom stereocenters. The van der Waals surface area contributed by atoms with Crippen molar-refractivity contribution in [3.63, 3.8) is 0 Å². The lowest BCUT2D eigenvalue weighted by Gasteiger charge is -2.18. The maximum absolute atomic E-state index is 6.47. The monoisotopic (exact) mass is 254 g/mol. The Labute approximate surface area is 109 Å². The maximum atomic E-state index is 6.47. The van der Waals surface area contributed by atoms with Gasteiger partial charge in [0, 0.05) is 17.6 Å². The largest absolute Gasteiger partial charge is 0.270 e. The molecule has 0 amide bonds. The number of hydrogen-bond acceptors (Lipinski definition) is 1. The minimum absolute atomic E-state index is 0.349. The zero-order valence-electron chi connectivity index (χ0n) is 10.9. The van der Waals surface area contributed by atoms with Gasteiger partial charge in [-0.2, -0.15) is 5.10 Å². The summed E-state index contributed by atoms with van der Waals surface area (Å²) >= 11 is 6.47. The van der Waals surface area contributed by atoms with Gasteiger partial charge in [0.05, 0.1) is 5.69 Å². The van der Waals surface area contributed by atoms with Crippen molar-refractivity contribution in [2.75, 3.05) is 0 Å². The minimum Gasteiger partial charge on any atom is -0.270 e. The fourth-order valence-corrected chi connectivity index (χ4v) is 2.98. The molecule has 2 nitrogen and oxygen atoms in total. The van der Waals surface area contributed by atoms with Gasteiger partial charge in [-0.15, -0.1) is 11.6 Å². The first-order chi connectivity index (χ1) is 8.16. The second-order valence-corrected chi connectivity index (χ2v) is 6.06. The SMILES string of the molecule is CC(C)n1ccc(CC2CCCCCC2Cl)n1. The molecule has 1 aromatic rings. The fourth-order valence-electron chi connectivity index (χ4n) is 2.61. The van der Waals surface area contributed by atoms with Crippen LogP contribution in [0, 0.1) is 5.92 Å². The van der Waals surface area contributed by atoms with Crippen molar-refractivity contribution >= 4 is 11.6 Å². The first kappa shape index (κ1) is 12.9. The molecule has 1 saturated carbocycles.